The summed E-state index contributed by atoms with van der Waals surface area (Å²) in [5, 5.41) is 0. The summed E-state index contributed by atoms with van der Waals surface area (Å²) in [7, 11) is -3.77. The number of sulfonamides is 1. The molecule has 0 aromatic carbocycles. The SMILES string of the molecule is O=S(=O)(Nc1ccc(F)cn1)c1cnc(Cl)s1. The van der Waals surface area contributed by atoms with Crippen molar-refractivity contribution in [3.63, 3.8) is 0 Å². The highest BCUT2D eigenvalue weighted by atomic mass is 35.5. The predicted molar refractivity (Wildman–Crippen MR) is 62.1 cm³/mol. The molecule has 0 aliphatic carbocycles. The normalized spacial score (nSPS) is 11.4. The zero-order valence-corrected chi connectivity index (χ0v) is 10.5. The highest BCUT2D eigenvalue weighted by Crippen LogP contribution is 2.23. The van der Waals surface area contributed by atoms with Crippen molar-refractivity contribution >= 4 is 38.8 Å². The molecule has 5 nitrogen and oxygen atoms in total. The van der Waals surface area contributed by atoms with Gasteiger partial charge < -0.3 is 0 Å². The number of halogens is 2. The molecule has 17 heavy (non-hydrogen) atoms. The number of pyridine rings is 1. The van der Waals surface area contributed by atoms with Crippen LogP contribution in [0.4, 0.5) is 10.2 Å². The van der Waals surface area contributed by atoms with E-state index in [1.54, 1.807) is 0 Å². The van der Waals surface area contributed by atoms with Gasteiger partial charge in [0.15, 0.2) is 8.68 Å². The molecule has 0 unspecified atom stereocenters. The molecule has 0 atom stereocenters. The zero-order valence-electron chi connectivity index (χ0n) is 8.09. The number of hydrogen-bond acceptors (Lipinski definition) is 5. The number of nitrogens with zero attached hydrogens (tertiary/aromatic N) is 2. The van der Waals surface area contributed by atoms with Gasteiger partial charge in [-0.3, -0.25) is 4.72 Å². The van der Waals surface area contributed by atoms with Crippen LogP contribution < -0.4 is 4.72 Å². The molecule has 0 saturated carbocycles. The smallest absolute Gasteiger partial charge is 0.263 e. The Balaban J connectivity index is 2.26. The summed E-state index contributed by atoms with van der Waals surface area (Å²) in [6.45, 7) is 0. The Morgan fingerprint density at radius 3 is 2.59 bits per heavy atom. The first kappa shape index (κ1) is 12.2. The average Bonchev–Trinajstić information content (AvgIpc) is 2.69. The quantitative estimate of drug-likeness (QED) is 0.941. The van der Waals surface area contributed by atoms with Crippen LogP contribution in [-0.2, 0) is 10.0 Å². The Bertz CT molecular complexity index is 626. The van der Waals surface area contributed by atoms with Crippen LogP contribution in [0, 0.1) is 5.82 Å². The minimum Gasteiger partial charge on any atom is -0.263 e. The highest BCUT2D eigenvalue weighted by Gasteiger charge is 2.18. The molecule has 90 valence electrons. The van der Waals surface area contributed by atoms with Gasteiger partial charge in [-0.15, -0.1) is 0 Å². The summed E-state index contributed by atoms with van der Waals surface area (Å²) in [5.74, 6) is -0.523. The molecule has 0 bridgehead atoms. The number of anilines is 1. The van der Waals surface area contributed by atoms with E-state index in [0.717, 1.165) is 29.8 Å². The van der Waals surface area contributed by atoms with Crippen LogP contribution in [0.1, 0.15) is 0 Å². The topological polar surface area (TPSA) is 72.0 Å². The monoisotopic (exact) mass is 293 g/mol. The first-order valence-electron chi connectivity index (χ1n) is 4.23. The van der Waals surface area contributed by atoms with Gasteiger partial charge in [0.1, 0.15) is 11.6 Å². The van der Waals surface area contributed by atoms with Crippen molar-refractivity contribution in [2.24, 2.45) is 0 Å². The molecule has 0 aliphatic rings. The van der Waals surface area contributed by atoms with Crippen LogP contribution in [0.15, 0.2) is 28.7 Å². The van der Waals surface area contributed by atoms with E-state index in [2.05, 4.69) is 14.7 Å². The summed E-state index contributed by atoms with van der Waals surface area (Å²) in [5.41, 5.74) is 0. The van der Waals surface area contributed by atoms with Crippen LogP contribution in [-0.4, -0.2) is 18.4 Å². The molecule has 0 saturated heterocycles. The van der Waals surface area contributed by atoms with E-state index >= 15 is 0 Å². The summed E-state index contributed by atoms with van der Waals surface area (Å²) >= 11 is 6.36. The second kappa shape index (κ2) is 4.55. The fraction of sp³-hybridized carbons (Fsp3) is 0. The molecule has 2 rings (SSSR count). The molecule has 9 heteroatoms. The molecule has 2 aromatic rings. The third-order valence-corrected chi connectivity index (χ3v) is 4.62. The van der Waals surface area contributed by atoms with Crippen molar-refractivity contribution in [2.45, 2.75) is 4.21 Å². The third-order valence-electron chi connectivity index (χ3n) is 1.69. The maximum absolute atomic E-state index is 12.6. The van der Waals surface area contributed by atoms with E-state index in [1.807, 2.05) is 0 Å². The first-order valence-corrected chi connectivity index (χ1v) is 6.91. The molecule has 0 radical (unpaired) electrons. The number of aromatic nitrogens is 2. The predicted octanol–water partition coefficient (Wildman–Crippen LogP) is 2.13. The number of thiazole rings is 1. The summed E-state index contributed by atoms with van der Waals surface area (Å²) in [6, 6.07) is 2.32. The van der Waals surface area contributed by atoms with E-state index in [4.69, 9.17) is 11.6 Å². The maximum atomic E-state index is 12.6. The lowest BCUT2D eigenvalue weighted by Gasteiger charge is -2.03. The second-order valence-electron chi connectivity index (χ2n) is 2.90. The fourth-order valence-electron chi connectivity index (χ4n) is 0.988. The standard InChI is InChI=1S/C8H5ClFN3O2S2/c9-8-12-4-7(16-8)17(14,15)13-6-2-1-5(10)3-11-6/h1-4H,(H,11,13). The Hall–Kier alpha value is -1.25. The molecule has 0 amide bonds. The van der Waals surface area contributed by atoms with E-state index < -0.39 is 15.8 Å². The van der Waals surface area contributed by atoms with E-state index in [9.17, 15) is 12.8 Å². The van der Waals surface area contributed by atoms with Crippen LogP contribution in [0.3, 0.4) is 0 Å². The van der Waals surface area contributed by atoms with Crippen LogP contribution in [0.5, 0.6) is 0 Å². The van der Waals surface area contributed by atoms with Crippen molar-refractivity contribution in [1.82, 2.24) is 9.97 Å². The number of nitrogens with one attached hydrogen (secondary N) is 1. The van der Waals surface area contributed by atoms with Crippen molar-refractivity contribution in [3.8, 4) is 0 Å². The first-order chi connectivity index (χ1) is 7.97. The molecular formula is C8H5ClFN3O2S2. The maximum Gasteiger partial charge on any atom is 0.274 e. The summed E-state index contributed by atoms with van der Waals surface area (Å²) in [4.78, 5) is 7.20. The van der Waals surface area contributed by atoms with Crippen LogP contribution in [0.25, 0.3) is 0 Å². The van der Waals surface area contributed by atoms with Crippen molar-refractivity contribution in [2.75, 3.05) is 4.72 Å². The van der Waals surface area contributed by atoms with Gasteiger partial charge in [0.25, 0.3) is 10.0 Å². The Morgan fingerprint density at radius 1 is 1.29 bits per heavy atom. The molecule has 0 fully saturated rings. The minimum atomic E-state index is -3.77. The van der Waals surface area contributed by atoms with Crippen LogP contribution >= 0.6 is 22.9 Å². The Morgan fingerprint density at radius 2 is 2.06 bits per heavy atom. The Labute approximate surface area is 105 Å². The molecule has 0 aliphatic heterocycles. The fourth-order valence-corrected chi connectivity index (χ4v) is 3.29. The molecule has 2 aromatic heterocycles. The largest absolute Gasteiger partial charge is 0.274 e. The molecule has 2 heterocycles. The highest BCUT2D eigenvalue weighted by molar-refractivity contribution is 7.94. The molecular weight excluding hydrogens is 289 g/mol. The van der Waals surface area contributed by atoms with Crippen molar-refractivity contribution < 1.29 is 12.8 Å². The van der Waals surface area contributed by atoms with Gasteiger partial charge >= 0.3 is 0 Å². The van der Waals surface area contributed by atoms with E-state index in [0.29, 0.717) is 0 Å². The van der Waals surface area contributed by atoms with Crippen LogP contribution in [0.2, 0.25) is 4.47 Å². The summed E-state index contributed by atoms with van der Waals surface area (Å²) in [6.07, 6.45) is 2.05. The van der Waals surface area contributed by atoms with Gasteiger partial charge in [0.2, 0.25) is 0 Å². The van der Waals surface area contributed by atoms with Gasteiger partial charge in [0, 0.05) is 0 Å². The van der Waals surface area contributed by atoms with Crippen molar-refractivity contribution in [3.05, 3.63) is 34.8 Å². The van der Waals surface area contributed by atoms with Gasteiger partial charge in [-0.1, -0.05) is 22.9 Å². The third kappa shape index (κ3) is 2.90. The lowest BCUT2D eigenvalue weighted by molar-refractivity contribution is 0.602. The van der Waals surface area contributed by atoms with Gasteiger partial charge in [-0.25, -0.2) is 22.8 Å². The minimum absolute atomic E-state index is 0.0240. The summed E-state index contributed by atoms with van der Waals surface area (Å²) < 4.78 is 38.4. The lowest BCUT2D eigenvalue weighted by atomic mass is 10.5. The second-order valence-corrected chi connectivity index (χ2v) is 6.42. The van der Waals surface area contributed by atoms with Crippen molar-refractivity contribution in [1.29, 1.82) is 0 Å². The van der Waals surface area contributed by atoms with Gasteiger partial charge in [-0.2, -0.15) is 0 Å². The average molecular weight is 294 g/mol. The number of hydrogen-bond donors (Lipinski definition) is 1. The Kier molecular flexibility index (Phi) is 3.27. The van der Waals surface area contributed by atoms with E-state index in [1.165, 1.54) is 6.07 Å². The number of rotatable bonds is 3. The molecule has 1 N–H and O–H groups in total. The molecule has 0 spiro atoms. The zero-order chi connectivity index (χ0) is 12.5. The lowest BCUT2D eigenvalue weighted by Crippen LogP contribution is -2.12. The van der Waals surface area contributed by atoms with Gasteiger partial charge in [0.05, 0.1) is 12.4 Å². The van der Waals surface area contributed by atoms with Gasteiger partial charge in [-0.05, 0) is 12.1 Å². The van der Waals surface area contributed by atoms with E-state index in [-0.39, 0.29) is 14.5 Å².